The summed E-state index contributed by atoms with van der Waals surface area (Å²) in [6, 6.07) is 0. The predicted octanol–water partition coefficient (Wildman–Crippen LogP) is 7.42. The normalized spacial score (nSPS) is 41.4. The van der Waals surface area contributed by atoms with Crippen molar-refractivity contribution in [2.75, 3.05) is 0 Å². The van der Waals surface area contributed by atoms with E-state index >= 15 is 0 Å². The van der Waals surface area contributed by atoms with Crippen molar-refractivity contribution < 1.29 is 9.53 Å². The maximum absolute atomic E-state index is 10.5. The Kier molecular flexibility index (Phi) is 5.64. The van der Waals surface area contributed by atoms with Gasteiger partial charge in [0.25, 0.3) is 0 Å². The van der Waals surface area contributed by atoms with E-state index in [0.29, 0.717) is 23.9 Å². The van der Waals surface area contributed by atoms with Gasteiger partial charge >= 0.3 is 0 Å². The Bertz CT molecular complexity index is 826. The summed E-state index contributed by atoms with van der Waals surface area (Å²) in [5.41, 5.74) is 4.79. The fourth-order valence-electron chi connectivity index (χ4n) is 7.23. The van der Waals surface area contributed by atoms with E-state index in [0.717, 1.165) is 6.42 Å². The van der Waals surface area contributed by atoms with E-state index in [4.69, 9.17) is 4.43 Å². The summed E-state index contributed by atoms with van der Waals surface area (Å²) in [6.07, 6.45) is 13.2. The molecule has 2 nitrogen and oxygen atoms in total. The lowest BCUT2D eigenvalue weighted by Gasteiger charge is -2.58. The van der Waals surface area contributed by atoms with Crippen LogP contribution in [0.5, 0.6) is 0 Å². The van der Waals surface area contributed by atoms with E-state index in [1.807, 2.05) is 6.92 Å². The first-order chi connectivity index (χ1) is 14.2. The minimum atomic E-state index is -1.86. The van der Waals surface area contributed by atoms with Crippen LogP contribution in [-0.4, -0.2) is 25.6 Å². The van der Waals surface area contributed by atoms with Gasteiger partial charge in [-0.2, -0.15) is 0 Å². The Labute approximate surface area is 192 Å². The quantitative estimate of drug-likeness (QED) is 0.364. The first kappa shape index (κ1) is 23.5. The number of rotatable bonds is 3. The van der Waals surface area contributed by atoms with Gasteiger partial charge in [0.2, 0.25) is 0 Å². The Morgan fingerprint density at radius 3 is 2.45 bits per heavy atom. The minimum absolute atomic E-state index is 0.112. The summed E-state index contributed by atoms with van der Waals surface area (Å²) in [7, 11) is -1.86. The Balaban J connectivity index is 1.71. The van der Waals surface area contributed by atoms with Crippen molar-refractivity contribution in [1.82, 2.24) is 0 Å². The minimum Gasteiger partial charge on any atom is -0.413 e. The summed E-state index contributed by atoms with van der Waals surface area (Å²) < 4.78 is 7.25. The van der Waals surface area contributed by atoms with Gasteiger partial charge in [0, 0.05) is 5.41 Å². The van der Waals surface area contributed by atoms with Crippen molar-refractivity contribution in [1.29, 1.82) is 0 Å². The first-order valence-corrected chi connectivity index (χ1v) is 15.6. The summed E-state index contributed by atoms with van der Waals surface area (Å²) in [4.78, 5) is 0. The average molecular weight is 443 g/mol. The molecule has 0 aromatic rings. The van der Waals surface area contributed by atoms with E-state index in [1.54, 1.807) is 11.1 Å². The summed E-state index contributed by atoms with van der Waals surface area (Å²) in [5.74, 6) is 1.81. The van der Waals surface area contributed by atoms with Crippen LogP contribution in [0.3, 0.4) is 0 Å². The lowest BCUT2D eigenvalue weighted by Crippen LogP contribution is -2.56. The van der Waals surface area contributed by atoms with Gasteiger partial charge < -0.3 is 9.53 Å². The largest absolute Gasteiger partial charge is 0.413 e. The van der Waals surface area contributed by atoms with Gasteiger partial charge in [0.05, 0.1) is 12.2 Å². The van der Waals surface area contributed by atoms with Crippen LogP contribution < -0.4 is 0 Å². The summed E-state index contributed by atoms with van der Waals surface area (Å²) >= 11 is 0. The molecule has 4 aliphatic carbocycles. The van der Waals surface area contributed by atoms with E-state index < -0.39 is 8.32 Å². The van der Waals surface area contributed by atoms with Gasteiger partial charge in [-0.05, 0) is 85.9 Å². The molecule has 4 rings (SSSR count). The van der Waals surface area contributed by atoms with E-state index in [2.05, 4.69) is 72.9 Å². The lowest BCUT2D eigenvalue weighted by atomic mass is 9.49. The Morgan fingerprint density at radius 2 is 1.84 bits per heavy atom. The number of allylic oxidation sites excluding steroid dienone is 4. The molecule has 4 aliphatic rings. The zero-order valence-corrected chi connectivity index (χ0v) is 22.5. The number of hydrogen-bond acceptors (Lipinski definition) is 2. The van der Waals surface area contributed by atoms with Crippen molar-refractivity contribution in [2.45, 2.75) is 111 Å². The van der Waals surface area contributed by atoms with Crippen LogP contribution in [0.2, 0.25) is 18.1 Å². The molecule has 0 bridgehead atoms. The molecule has 1 N–H and O–H groups in total. The molecule has 3 heteroatoms. The molecule has 0 spiro atoms. The molecule has 4 unspecified atom stereocenters. The zero-order valence-electron chi connectivity index (χ0n) is 21.5. The topological polar surface area (TPSA) is 29.5 Å². The smallest absolute Gasteiger partial charge is 0.192 e. The average Bonchev–Trinajstić information content (AvgIpc) is 2.99. The van der Waals surface area contributed by atoms with Crippen LogP contribution in [-0.2, 0) is 4.43 Å². The van der Waals surface area contributed by atoms with E-state index in [9.17, 15) is 5.11 Å². The number of aliphatic hydroxyl groups is 1. The summed E-state index contributed by atoms with van der Waals surface area (Å²) in [6.45, 7) is 21.3. The SMILES string of the molecule is C[C@H]1CC2=CC=C3C4CC=C([C@H](C)O)C4(C)CCC3C2(C)[C@@H](O[Si](C)(C)C(C)(C)C)C1. The number of aliphatic hydroxyl groups excluding tert-OH is 1. The van der Waals surface area contributed by atoms with Crippen LogP contribution >= 0.6 is 0 Å². The molecule has 0 saturated heterocycles. The third-order valence-electron chi connectivity index (χ3n) is 10.2. The van der Waals surface area contributed by atoms with Crippen molar-refractivity contribution in [2.24, 2.45) is 28.6 Å². The van der Waals surface area contributed by atoms with Crippen LogP contribution in [0, 0.1) is 28.6 Å². The summed E-state index contributed by atoms with van der Waals surface area (Å²) in [5, 5.41) is 10.7. The highest BCUT2D eigenvalue weighted by molar-refractivity contribution is 6.74. The van der Waals surface area contributed by atoms with Gasteiger partial charge in [-0.1, -0.05) is 70.9 Å². The molecule has 0 heterocycles. The Hall–Kier alpha value is -0.643. The number of fused-ring (bicyclic) bond motifs is 5. The molecular weight excluding hydrogens is 396 g/mol. The van der Waals surface area contributed by atoms with Crippen LogP contribution in [0.15, 0.2) is 34.9 Å². The zero-order chi connectivity index (χ0) is 23.0. The fraction of sp³-hybridized carbons (Fsp3) is 0.786. The highest BCUT2D eigenvalue weighted by Crippen LogP contribution is 2.65. The third-order valence-corrected chi connectivity index (χ3v) is 14.7. The van der Waals surface area contributed by atoms with Crippen LogP contribution in [0.4, 0.5) is 0 Å². The van der Waals surface area contributed by atoms with Crippen molar-refractivity contribution in [3.63, 3.8) is 0 Å². The van der Waals surface area contributed by atoms with E-state index in [-0.39, 0.29) is 22.0 Å². The second-order valence-corrected chi connectivity index (χ2v) is 17.9. The standard InChI is InChI=1S/C28H46O2Si/c1-18-16-20-10-11-21-23-13-12-22(19(2)29)27(23,6)15-14-24(21)28(20,7)25(17-18)30-31(8,9)26(3,4)5/h10-12,18-19,23-25,29H,13-17H2,1-9H3/t18-,19-,23?,24?,25-,27?,28?/m0/s1. The van der Waals surface area contributed by atoms with Gasteiger partial charge in [-0.25, -0.2) is 0 Å². The highest BCUT2D eigenvalue weighted by Gasteiger charge is 2.58. The second kappa shape index (κ2) is 7.43. The number of hydrogen-bond donors (Lipinski definition) is 1. The molecule has 31 heavy (non-hydrogen) atoms. The molecule has 0 aromatic carbocycles. The van der Waals surface area contributed by atoms with Gasteiger partial charge in [0.1, 0.15) is 0 Å². The highest BCUT2D eigenvalue weighted by atomic mass is 28.4. The van der Waals surface area contributed by atoms with Gasteiger partial charge in [0.15, 0.2) is 8.32 Å². The molecular formula is C28H46O2Si. The van der Waals surface area contributed by atoms with Gasteiger partial charge in [-0.3, -0.25) is 0 Å². The van der Waals surface area contributed by atoms with Crippen LogP contribution in [0.25, 0.3) is 0 Å². The molecule has 7 atom stereocenters. The molecule has 0 amide bonds. The molecule has 0 radical (unpaired) electrons. The monoisotopic (exact) mass is 442 g/mol. The van der Waals surface area contributed by atoms with Gasteiger partial charge in [-0.15, -0.1) is 0 Å². The van der Waals surface area contributed by atoms with Crippen molar-refractivity contribution >= 4 is 8.32 Å². The van der Waals surface area contributed by atoms with Crippen molar-refractivity contribution in [3.05, 3.63) is 34.9 Å². The molecule has 0 aromatic heterocycles. The van der Waals surface area contributed by atoms with Crippen molar-refractivity contribution in [3.8, 4) is 0 Å². The third kappa shape index (κ3) is 3.49. The predicted molar refractivity (Wildman–Crippen MR) is 133 cm³/mol. The molecule has 2 fully saturated rings. The first-order valence-electron chi connectivity index (χ1n) is 12.7. The lowest BCUT2D eigenvalue weighted by molar-refractivity contribution is -0.0190. The van der Waals surface area contributed by atoms with Crippen LogP contribution in [0.1, 0.15) is 80.6 Å². The second-order valence-electron chi connectivity index (χ2n) is 13.2. The maximum Gasteiger partial charge on any atom is 0.192 e. The molecule has 0 aliphatic heterocycles. The maximum atomic E-state index is 10.5. The molecule has 174 valence electrons. The fourth-order valence-corrected chi connectivity index (χ4v) is 8.64. The van der Waals surface area contributed by atoms with E-state index in [1.165, 1.54) is 31.3 Å². The Morgan fingerprint density at radius 1 is 1.16 bits per heavy atom. The molecule has 2 saturated carbocycles.